The summed E-state index contributed by atoms with van der Waals surface area (Å²) in [6, 6.07) is 0. The van der Waals surface area contributed by atoms with Crippen LogP contribution in [-0.2, 0) is 4.79 Å². The van der Waals surface area contributed by atoms with E-state index in [1.165, 1.54) is 6.42 Å². The molecule has 0 aliphatic heterocycles. The number of hydrogen-bond donors (Lipinski definition) is 1. The van der Waals surface area contributed by atoms with Gasteiger partial charge in [-0.2, -0.15) is 0 Å². The zero-order valence-corrected chi connectivity index (χ0v) is 9.65. The monoisotopic (exact) mass is 235 g/mol. The van der Waals surface area contributed by atoms with Crippen molar-refractivity contribution in [3.05, 3.63) is 0 Å². The van der Waals surface area contributed by atoms with Crippen LogP contribution in [0.5, 0.6) is 0 Å². The number of amides is 1. The summed E-state index contributed by atoms with van der Waals surface area (Å²) >= 11 is 3.21. The number of carbonyl (C=O) groups is 1. The van der Waals surface area contributed by atoms with E-state index in [0.29, 0.717) is 0 Å². The molecule has 1 N–H and O–H groups in total. The second-order valence-corrected chi connectivity index (χ2v) is 4.82. The van der Waals surface area contributed by atoms with Crippen LogP contribution in [-0.4, -0.2) is 17.3 Å². The number of carbonyl (C=O) groups excluding carboxylic acids is 1. The van der Waals surface area contributed by atoms with E-state index in [0.717, 1.165) is 18.9 Å². The zero-order chi connectivity index (χ0) is 9.56. The average Bonchev–Trinajstić information content (AvgIpc) is 1.97. The van der Waals surface area contributed by atoms with Crippen LogP contribution in [0.4, 0.5) is 0 Å². The summed E-state index contributed by atoms with van der Waals surface area (Å²) in [5.74, 6) is 0.807. The molecule has 1 amide bonds. The van der Waals surface area contributed by atoms with Gasteiger partial charge in [-0.1, -0.05) is 29.8 Å². The van der Waals surface area contributed by atoms with Crippen molar-refractivity contribution in [2.24, 2.45) is 5.92 Å². The topological polar surface area (TPSA) is 29.1 Å². The Balaban J connectivity index is 3.26. The third kappa shape index (κ3) is 6.65. The van der Waals surface area contributed by atoms with Crippen molar-refractivity contribution in [2.45, 2.75) is 38.4 Å². The molecular formula is C9H18BrNO. The summed E-state index contributed by atoms with van der Waals surface area (Å²) < 4.78 is 0. The van der Waals surface area contributed by atoms with Crippen molar-refractivity contribution in [1.82, 2.24) is 5.32 Å². The molecule has 3 heteroatoms. The first-order valence-electron chi connectivity index (χ1n) is 4.45. The minimum Gasteiger partial charge on any atom is -0.355 e. The van der Waals surface area contributed by atoms with Crippen LogP contribution in [0.2, 0.25) is 0 Å². The molecule has 0 fully saturated rings. The van der Waals surface area contributed by atoms with E-state index in [9.17, 15) is 4.79 Å². The first kappa shape index (κ1) is 11.9. The lowest BCUT2D eigenvalue weighted by atomic mass is 10.1. The highest BCUT2D eigenvalue weighted by molar-refractivity contribution is 9.10. The van der Waals surface area contributed by atoms with Gasteiger partial charge in [0.25, 0.3) is 0 Å². The first-order chi connectivity index (χ1) is 5.54. The Morgan fingerprint density at radius 1 is 1.42 bits per heavy atom. The maximum Gasteiger partial charge on any atom is 0.233 e. The Kier molecular flexibility index (Phi) is 6.44. The van der Waals surface area contributed by atoms with Crippen molar-refractivity contribution in [3.8, 4) is 0 Å². The van der Waals surface area contributed by atoms with Crippen LogP contribution in [0.25, 0.3) is 0 Å². The zero-order valence-electron chi connectivity index (χ0n) is 8.06. The summed E-state index contributed by atoms with van der Waals surface area (Å²) in [5, 5.41) is 2.85. The van der Waals surface area contributed by atoms with E-state index in [2.05, 4.69) is 35.1 Å². The molecule has 0 aliphatic rings. The van der Waals surface area contributed by atoms with E-state index < -0.39 is 0 Å². The minimum atomic E-state index is -0.0726. The quantitative estimate of drug-likeness (QED) is 0.576. The molecule has 0 aromatic rings. The highest BCUT2D eigenvalue weighted by Crippen LogP contribution is 2.02. The Morgan fingerprint density at radius 3 is 2.42 bits per heavy atom. The average molecular weight is 236 g/mol. The largest absolute Gasteiger partial charge is 0.355 e. The predicted molar refractivity (Wildman–Crippen MR) is 55.5 cm³/mol. The number of halogens is 1. The lowest BCUT2D eigenvalue weighted by Gasteiger charge is -2.07. The van der Waals surface area contributed by atoms with Gasteiger partial charge in [-0.25, -0.2) is 0 Å². The van der Waals surface area contributed by atoms with E-state index in [-0.39, 0.29) is 10.7 Å². The van der Waals surface area contributed by atoms with Crippen molar-refractivity contribution >= 4 is 21.8 Å². The van der Waals surface area contributed by atoms with Gasteiger partial charge in [0.1, 0.15) is 0 Å². The van der Waals surface area contributed by atoms with E-state index in [1.54, 1.807) is 0 Å². The van der Waals surface area contributed by atoms with Gasteiger partial charge in [0.05, 0.1) is 4.83 Å². The highest BCUT2D eigenvalue weighted by Gasteiger charge is 2.06. The van der Waals surface area contributed by atoms with Crippen LogP contribution < -0.4 is 5.32 Å². The molecule has 0 aromatic heterocycles. The van der Waals surface area contributed by atoms with Gasteiger partial charge in [-0.3, -0.25) is 4.79 Å². The van der Waals surface area contributed by atoms with E-state index in [1.807, 2.05) is 6.92 Å². The van der Waals surface area contributed by atoms with E-state index in [4.69, 9.17) is 0 Å². The number of nitrogens with one attached hydrogen (secondary N) is 1. The molecule has 0 bridgehead atoms. The second-order valence-electron chi connectivity index (χ2n) is 3.44. The van der Waals surface area contributed by atoms with Crippen LogP contribution in [0.15, 0.2) is 0 Å². The molecule has 0 aromatic carbocycles. The number of hydrogen-bond acceptors (Lipinski definition) is 1. The van der Waals surface area contributed by atoms with Crippen molar-refractivity contribution in [3.63, 3.8) is 0 Å². The van der Waals surface area contributed by atoms with Gasteiger partial charge in [0.2, 0.25) is 5.91 Å². The highest BCUT2D eigenvalue weighted by atomic mass is 79.9. The van der Waals surface area contributed by atoms with Gasteiger partial charge in [-0.15, -0.1) is 0 Å². The summed E-state index contributed by atoms with van der Waals surface area (Å²) in [6.45, 7) is 7.01. The molecule has 0 saturated carbocycles. The van der Waals surface area contributed by atoms with Gasteiger partial charge in [0.15, 0.2) is 0 Å². The Hall–Kier alpha value is -0.0500. The third-order valence-electron chi connectivity index (χ3n) is 1.62. The molecule has 1 unspecified atom stereocenters. The van der Waals surface area contributed by atoms with Gasteiger partial charge < -0.3 is 5.32 Å². The minimum absolute atomic E-state index is 0.0726. The van der Waals surface area contributed by atoms with Gasteiger partial charge in [-0.05, 0) is 25.7 Å². The molecule has 0 rings (SSSR count). The van der Waals surface area contributed by atoms with Crippen LogP contribution >= 0.6 is 15.9 Å². The fraction of sp³-hybridized carbons (Fsp3) is 0.889. The first-order valence-corrected chi connectivity index (χ1v) is 5.37. The summed E-state index contributed by atoms with van der Waals surface area (Å²) in [6.07, 6.45) is 2.25. The molecule has 0 saturated heterocycles. The molecule has 12 heavy (non-hydrogen) atoms. The molecule has 0 spiro atoms. The van der Waals surface area contributed by atoms with E-state index >= 15 is 0 Å². The smallest absolute Gasteiger partial charge is 0.233 e. The molecule has 0 radical (unpaired) electrons. The standard InChI is InChI=1S/C9H18BrNO/c1-7(2)5-4-6-11-9(12)8(3)10/h7-8H,4-6H2,1-3H3,(H,11,12). The fourth-order valence-electron chi connectivity index (χ4n) is 0.863. The maximum absolute atomic E-state index is 11.0. The normalized spacial score (nSPS) is 13.1. The molecule has 72 valence electrons. The Bertz CT molecular complexity index is 134. The summed E-state index contributed by atoms with van der Waals surface area (Å²) in [4.78, 5) is 11.0. The third-order valence-corrected chi connectivity index (χ3v) is 2.03. The molecule has 0 heterocycles. The molecule has 2 nitrogen and oxygen atoms in total. The second kappa shape index (κ2) is 6.46. The molecule has 1 atom stereocenters. The lowest BCUT2D eigenvalue weighted by molar-refractivity contribution is -0.120. The SMILES string of the molecule is CC(C)CCCNC(=O)C(C)Br. The molecular weight excluding hydrogens is 218 g/mol. The summed E-state index contributed by atoms with van der Waals surface area (Å²) in [7, 11) is 0. The van der Waals surface area contributed by atoms with Gasteiger partial charge >= 0.3 is 0 Å². The fourth-order valence-corrected chi connectivity index (χ4v) is 1.02. The predicted octanol–water partition coefficient (Wildman–Crippen LogP) is 2.32. The maximum atomic E-state index is 11.0. The Morgan fingerprint density at radius 2 is 2.00 bits per heavy atom. The number of rotatable bonds is 5. The van der Waals surface area contributed by atoms with Crippen LogP contribution in [0.3, 0.4) is 0 Å². The van der Waals surface area contributed by atoms with Crippen molar-refractivity contribution in [2.75, 3.05) is 6.54 Å². The van der Waals surface area contributed by atoms with Crippen molar-refractivity contribution < 1.29 is 4.79 Å². The van der Waals surface area contributed by atoms with Crippen LogP contribution in [0, 0.1) is 5.92 Å². The number of alkyl halides is 1. The summed E-state index contributed by atoms with van der Waals surface area (Å²) in [5.41, 5.74) is 0. The molecule has 0 aliphatic carbocycles. The van der Waals surface area contributed by atoms with Gasteiger partial charge in [0, 0.05) is 6.54 Å². The van der Waals surface area contributed by atoms with Crippen LogP contribution in [0.1, 0.15) is 33.6 Å². The Labute approximate surface area is 83.2 Å². The lowest BCUT2D eigenvalue weighted by Crippen LogP contribution is -2.30. The van der Waals surface area contributed by atoms with Crippen molar-refractivity contribution in [1.29, 1.82) is 0 Å².